The minimum Gasteiger partial charge on any atom is -0.453 e. The third-order valence-corrected chi connectivity index (χ3v) is 8.35. The topological polar surface area (TPSA) is 138 Å². The Morgan fingerprint density at radius 2 is 1.90 bits per heavy atom. The lowest BCUT2D eigenvalue weighted by Gasteiger charge is -2.28. The van der Waals surface area contributed by atoms with Crippen LogP contribution in [0.2, 0.25) is 5.15 Å². The molecular weight excluding hydrogens is 563 g/mol. The van der Waals surface area contributed by atoms with Gasteiger partial charge < -0.3 is 20.4 Å². The van der Waals surface area contributed by atoms with Crippen LogP contribution in [0.4, 0.5) is 20.6 Å². The fourth-order valence-electron chi connectivity index (χ4n) is 5.62. The summed E-state index contributed by atoms with van der Waals surface area (Å²) in [6.07, 6.45) is 4.42. The number of aromatic nitrogens is 3. The molecule has 1 unspecified atom stereocenters. The van der Waals surface area contributed by atoms with Crippen LogP contribution in [0.1, 0.15) is 68.7 Å². The number of nitrogens with one attached hydrogen (secondary N) is 4. The van der Waals surface area contributed by atoms with Gasteiger partial charge in [-0.1, -0.05) is 24.9 Å². The Morgan fingerprint density at radius 3 is 2.64 bits per heavy atom. The zero-order valence-electron chi connectivity index (χ0n) is 23.6. The maximum Gasteiger partial charge on any atom is 0.411 e. The van der Waals surface area contributed by atoms with E-state index in [0.29, 0.717) is 40.1 Å². The average Bonchev–Trinajstić information content (AvgIpc) is 3.37. The highest BCUT2D eigenvalue weighted by molar-refractivity contribution is 6.32. The molecule has 5 rings (SSSR count). The van der Waals surface area contributed by atoms with Gasteiger partial charge in [-0.25, -0.2) is 14.2 Å². The Morgan fingerprint density at radius 1 is 1.12 bits per heavy atom. The van der Waals surface area contributed by atoms with Crippen molar-refractivity contribution in [3.63, 3.8) is 0 Å². The van der Waals surface area contributed by atoms with Gasteiger partial charge in [0.1, 0.15) is 22.5 Å². The smallest absolute Gasteiger partial charge is 0.411 e. The molecule has 10 nitrogen and oxygen atoms in total. The van der Waals surface area contributed by atoms with Crippen LogP contribution in [-0.4, -0.2) is 40.0 Å². The van der Waals surface area contributed by atoms with Crippen molar-refractivity contribution in [2.75, 3.05) is 17.7 Å². The summed E-state index contributed by atoms with van der Waals surface area (Å²) < 4.78 is 19.4. The number of hydrogen-bond donors (Lipinski definition) is 4. The number of pyridine rings is 1. The van der Waals surface area contributed by atoms with E-state index in [1.807, 2.05) is 0 Å². The van der Waals surface area contributed by atoms with Gasteiger partial charge in [-0.2, -0.15) is 0 Å². The summed E-state index contributed by atoms with van der Waals surface area (Å²) in [7, 11) is 1.25. The molecular formula is C30H34ClFN6O4. The number of benzene rings is 1. The molecule has 4 bridgehead atoms. The molecule has 0 spiro atoms. The molecule has 3 amide bonds. The number of amides is 3. The zero-order valence-corrected chi connectivity index (χ0v) is 24.3. The van der Waals surface area contributed by atoms with Crippen LogP contribution in [-0.2, 0) is 27.2 Å². The fourth-order valence-corrected chi connectivity index (χ4v) is 5.87. The van der Waals surface area contributed by atoms with E-state index in [0.717, 1.165) is 32.1 Å². The molecule has 4 N–H and O–H groups in total. The largest absolute Gasteiger partial charge is 0.453 e. The fraction of sp³-hybridized carbons (Fsp3) is 0.433. The summed E-state index contributed by atoms with van der Waals surface area (Å²) in [6, 6.07) is 7.15. The molecule has 1 atom stereocenters. The highest BCUT2D eigenvalue weighted by atomic mass is 35.5. The van der Waals surface area contributed by atoms with Gasteiger partial charge >= 0.3 is 6.09 Å². The van der Waals surface area contributed by atoms with Gasteiger partial charge in [-0.05, 0) is 61.9 Å². The van der Waals surface area contributed by atoms with E-state index in [4.69, 9.17) is 16.6 Å². The van der Waals surface area contributed by atoms with Crippen molar-refractivity contribution in [3.8, 4) is 11.3 Å². The van der Waals surface area contributed by atoms with Crippen LogP contribution in [0.3, 0.4) is 0 Å². The number of nitrogens with zero attached hydrogens (tertiary/aromatic N) is 2. The second-order valence-corrected chi connectivity index (χ2v) is 11.2. The molecule has 2 aliphatic rings. The predicted molar refractivity (Wildman–Crippen MR) is 157 cm³/mol. The Balaban J connectivity index is 1.53. The Labute approximate surface area is 248 Å². The zero-order chi connectivity index (χ0) is 29.8. The lowest BCUT2D eigenvalue weighted by Crippen LogP contribution is -2.37. The number of fused-ring (bicyclic) bond motifs is 6. The summed E-state index contributed by atoms with van der Waals surface area (Å²) in [5.74, 6) is 0.00701. The van der Waals surface area contributed by atoms with Gasteiger partial charge in [0.05, 0.1) is 24.5 Å². The van der Waals surface area contributed by atoms with E-state index in [-0.39, 0.29) is 47.8 Å². The number of aromatic amines is 1. The van der Waals surface area contributed by atoms with Crippen molar-refractivity contribution in [1.82, 2.24) is 20.3 Å². The van der Waals surface area contributed by atoms with Crippen LogP contribution in [0.25, 0.3) is 11.3 Å². The number of aryl methyl sites for hydroxylation is 1. The second-order valence-electron chi connectivity index (χ2n) is 10.8. The number of carbonyl (C=O) groups is 3. The number of ether oxygens (including phenoxy) is 1. The molecule has 0 radical (unpaired) electrons. The lowest BCUT2D eigenvalue weighted by molar-refractivity contribution is -0.127. The Kier molecular flexibility index (Phi) is 9.06. The molecule has 12 heteroatoms. The summed E-state index contributed by atoms with van der Waals surface area (Å²) in [5.41, 5.74) is 2.27. The molecule has 1 aromatic carbocycles. The predicted octanol–water partition coefficient (Wildman–Crippen LogP) is 5.94. The van der Waals surface area contributed by atoms with Crippen molar-refractivity contribution < 1.29 is 23.5 Å². The minimum atomic E-state index is -0.676. The molecule has 2 aromatic heterocycles. The standard InChI is InChI=1S/C30H34ClFN6O4/c1-3-16-4-6-17(7-5-16)29(40)36-24-15-18-9-11-21(32)22(33-18)12-13-25(39)35-23-14-19(34-30(41)42-2)8-10-20(23)26-27(31)38-28(24)37-26/h8-11,14,16-17,24H,3-7,12-13,15H2,1-2H3,(H,34,41)(H,35,39)(H,36,40)(H,37,38). The summed E-state index contributed by atoms with van der Waals surface area (Å²) in [6.45, 7) is 2.18. The SMILES string of the molecule is CCC1CCC(C(=O)NC2Cc3ccc(F)c(n3)CCC(=O)Nc3cc(NC(=O)OC)ccc3-c3nc2[nH]c3Cl)CC1. The van der Waals surface area contributed by atoms with Gasteiger partial charge in [0, 0.05) is 42.1 Å². The molecule has 3 aromatic rings. The molecule has 0 saturated heterocycles. The molecule has 1 fully saturated rings. The molecule has 42 heavy (non-hydrogen) atoms. The highest BCUT2D eigenvalue weighted by Crippen LogP contribution is 2.36. The molecule has 222 valence electrons. The van der Waals surface area contributed by atoms with Gasteiger partial charge in [0.2, 0.25) is 11.8 Å². The first-order valence-corrected chi connectivity index (χ1v) is 14.6. The molecule has 1 aliphatic heterocycles. The van der Waals surface area contributed by atoms with E-state index in [2.05, 4.69) is 37.6 Å². The molecule has 3 heterocycles. The number of hydrogen-bond acceptors (Lipinski definition) is 6. The van der Waals surface area contributed by atoms with Gasteiger partial charge in [-0.3, -0.25) is 19.9 Å². The quantitative estimate of drug-likeness (QED) is 0.294. The van der Waals surface area contributed by atoms with Gasteiger partial charge in [0.15, 0.2) is 0 Å². The number of halogens is 2. The lowest BCUT2D eigenvalue weighted by atomic mass is 9.80. The van der Waals surface area contributed by atoms with Crippen molar-refractivity contribution in [1.29, 1.82) is 0 Å². The number of imidazole rings is 1. The normalized spacial score (nSPS) is 20.5. The number of H-pyrrole nitrogens is 1. The van der Waals surface area contributed by atoms with E-state index in [1.54, 1.807) is 24.3 Å². The Hall–Kier alpha value is -3.99. The van der Waals surface area contributed by atoms with Crippen LogP contribution < -0.4 is 16.0 Å². The molecule has 1 saturated carbocycles. The van der Waals surface area contributed by atoms with E-state index < -0.39 is 18.0 Å². The highest BCUT2D eigenvalue weighted by Gasteiger charge is 2.30. The summed E-state index contributed by atoms with van der Waals surface area (Å²) in [4.78, 5) is 50.5. The van der Waals surface area contributed by atoms with Gasteiger partial charge in [0.25, 0.3) is 0 Å². The van der Waals surface area contributed by atoms with Crippen molar-refractivity contribution >= 4 is 40.9 Å². The molecule has 1 aliphatic carbocycles. The number of anilines is 2. The maximum atomic E-state index is 14.7. The summed E-state index contributed by atoms with van der Waals surface area (Å²) >= 11 is 6.67. The van der Waals surface area contributed by atoms with Crippen LogP contribution in [0, 0.1) is 17.7 Å². The van der Waals surface area contributed by atoms with Crippen LogP contribution >= 0.6 is 11.6 Å². The van der Waals surface area contributed by atoms with E-state index >= 15 is 0 Å². The van der Waals surface area contributed by atoms with Crippen LogP contribution in [0.15, 0.2) is 30.3 Å². The first-order chi connectivity index (χ1) is 20.2. The number of carbonyl (C=O) groups excluding carboxylic acids is 3. The van der Waals surface area contributed by atoms with Crippen molar-refractivity contribution in [3.05, 3.63) is 58.5 Å². The third-order valence-electron chi connectivity index (χ3n) is 8.08. The minimum absolute atomic E-state index is 0.0401. The monoisotopic (exact) mass is 596 g/mol. The Bertz CT molecular complexity index is 1490. The van der Waals surface area contributed by atoms with Crippen LogP contribution in [0.5, 0.6) is 0 Å². The van der Waals surface area contributed by atoms with E-state index in [1.165, 1.54) is 13.2 Å². The van der Waals surface area contributed by atoms with Crippen molar-refractivity contribution in [2.45, 2.75) is 64.3 Å². The third kappa shape index (κ3) is 6.73. The average molecular weight is 597 g/mol. The van der Waals surface area contributed by atoms with Gasteiger partial charge in [-0.15, -0.1) is 0 Å². The summed E-state index contributed by atoms with van der Waals surface area (Å²) in [5, 5.41) is 8.77. The number of methoxy groups -OCH3 is 1. The first kappa shape index (κ1) is 29.5. The maximum absolute atomic E-state index is 14.7. The first-order valence-electron chi connectivity index (χ1n) is 14.2. The number of rotatable bonds is 4. The van der Waals surface area contributed by atoms with Crippen molar-refractivity contribution in [2.24, 2.45) is 11.8 Å². The van der Waals surface area contributed by atoms with E-state index in [9.17, 15) is 18.8 Å². The second kappa shape index (κ2) is 12.9.